The smallest absolute Gasteiger partial charge is 0.166 e. The number of benzene rings is 3. The van der Waals surface area contributed by atoms with Gasteiger partial charge in [-0.25, -0.2) is 0 Å². The first-order valence-corrected chi connectivity index (χ1v) is 21.4. The molecular formula is C47H60BrNO9. The Morgan fingerprint density at radius 2 is 1.31 bits per heavy atom. The van der Waals surface area contributed by atoms with Gasteiger partial charge in [0.15, 0.2) is 46.1 Å². The number of unbranched alkanes of at least 4 members (excludes halogenated alkanes) is 2. The van der Waals surface area contributed by atoms with E-state index < -0.39 is 6.10 Å². The molecule has 2 heterocycles. The fraction of sp³-hybridized carbons (Fsp3) is 0.532. The fourth-order valence-electron chi connectivity index (χ4n) is 9.66. The Balaban J connectivity index is 0.000000240. The summed E-state index contributed by atoms with van der Waals surface area (Å²) in [6.45, 7) is 2.82. The lowest BCUT2D eigenvalue weighted by Crippen LogP contribution is -2.43. The maximum atomic E-state index is 13.1. The molecule has 2 aliphatic heterocycles. The van der Waals surface area contributed by atoms with Gasteiger partial charge in [-0.3, -0.25) is 14.5 Å². The molecule has 0 bridgehead atoms. The average Bonchev–Trinajstić information content (AvgIpc) is 3.80. The van der Waals surface area contributed by atoms with Gasteiger partial charge in [0.1, 0.15) is 6.10 Å². The molecule has 8 rings (SSSR count). The van der Waals surface area contributed by atoms with Crippen molar-refractivity contribution in [2.75, 3.05) is 54.0 Å². The second kappa shape index (κ2) is 18.9. The van der Waals surface area contributed by atoms with E-state index >= 15 is 0 Å². The first-order valence-electron chi connectivity index (χ1n) is 20.3. The number of fused-ring (bicyclic) bond motifs is 2. The summed E-state index contributed by atoms with van der Waals surface area (Å²) >= 11 is 3.42. The Labute approximate surface area is 352 Å². The summed E-state index contributed by atoms with van der Waals surface area (Å²) in [7, 11) is 8.13. The zero-order chi connectivity index (χ0) is 40.3. The minimum Gasteiger partial charge on any atom is -0.493 e. The van der Waals surface area contributed by atoms with Crippen molar-refractivity contribution < 1.29 is 43.1 Å². The second-order valence-electron chi connectivity index (χ2n) is 15.9. The van der Waals surface area contributed by atoms with Crippen LogP contribution >= 0.6 is 15.9 Å². The van der Waals surface area contributed by atoms with Crippen molar-refractivity contribution in [1.29, 1.82) is 0 Å². The molecule has 5 atom stereocenters. The van der Waals surface area contributed by atoms with Gasteiger partial charge >= 0.3 is 0 Å². The highest BCUT2D eigenvalue weighted by Gasteiger charge is 2.52. The van der Waals surface area contributed by atoms with Crippen LogP contribution in [0.25, 0.3) is 0 Å². The SMILES string of the molecule is C.COc1cc2c(cc1OC)C(=O)C(CCCCBr)C2.COc1cc2c(cc1OC)C(=O)C(CCCCN1CC[C@@]34C=C[C@H](O)C[C@@H]3Oc3c(OC)ccc(c34)C1)C2. The molecule has 0 radical (unpaired) electrons. The van der Waals surface area contributed by atoms with Crippen LogP contribution in [0.15, 0.2) is 48.6 Å². The Hall–Kier alpha value is -4.06. The molecule has 10 nitrogen and oxygen atoms in total. The van der Waals surface area contributed by atoms with Crippen LogP contribution in [0.2, 0.25) is 0 Å². The van der Waals surface area contributed by atoms with Gasteiger partial charge in [-0.1, -0.05) is 54.4 Å². The average molecular weight is 863 g/mol. The van der Waals surface area contributed by atoms with Crippen LogP contribution < -0.4 is 28.4 Å². The van der Waals surface area contributed by atoms with E-state index in [4.69, 9.17) is 28.4 Å². The van der Waals surface area contributed by atoms with Gasteiger partial charge in [-0.05, 0) is 105 Å². The Kier molecular flexibility index (Phi) is 14.2. The van der Waals surface area contributed by atoms with Crippen molar-refractivity contribution in [2.24, 2.45) is 11.8 Å². The van der Waals surface area contributed by atoms with Crippen LogP contribution in [0.4, 0.5) is 0 Å². The number of hydrogen-bond acceptors (Lipinski definition) is 10. The number of rotatable bonds is 14. The second-order valence-corrected chi connectivity index (χ2v) is 16.7. The number of nitrogens with zero attached hydrogens (tertiary/aromatic N) is 1. The van der Waals surface area contributed by atoms with E-state index in [2.05, 4.69) is 33.0 Å². The third kappa shape index (κ3) is 8.36. The number of Topliss-reactive ketones (excluding diaryl/α,β-unsaturated/α-hetero) is 2. The molecule has 0 saturated carbocycles. The van der Waals surface area contributed by atoms with E-state index in [1.54, 1.807) is 35.5 Å². The third-order valence-electron chi connectivity index (χ3n) is 12.7. The predicted octanol–water partition coefficient (Wildman–Crippen LogP) is 8.72. The van der Waals surface area contributed by atoms with Crippen molar-refractivity contribution in [3.63, 3.8) is 0 Å². The van der Waals surface area contributed by atoms with E-state index in [-0.39, 0.29) is 42.3 Å². The monoisotopic (exact) mass is 861 g/mol. The van der Waals surface area contributed by atoms with Crippen LogP contribution in [0.5, 0.6) is 34.5 Å². The highest BCUT2D eigenvalue weighted by Crippen LogP contribution is 2.56. The van der Waals surface area contributed by atoms with Gasteiger partial charge in [0.2, 0.25) is 0 Å². The van der Waals surface area contributed by atoms with Gasteiger partial charge in [-0.2, -0.15) is 0 Å². The minimum absolute atomic E-state index is 0. The summed E-state index contributed by atoms with van der Waals surface area (Å²) in [6.07, 6.45) is 12.9. The number of methoxy groups -OCH3 is 5. The first-order chi connectivity index (χ1) is 27.7. The number of ether oxygens (including phenoxy) is 6. The molecule has 0 saturated heterocycles. The van der Waals surface area contributed by atoms with Gasteiger partial charge < -0.3 is 33.5 Å². The summed E-state index contributed by atoms with van der Waals surface area (Å²) in [5.41, 5.74) is 6.06. The summed E-state index contributed by atoms with van der Waals surface area (Å²) in [5, 5.41) is 11.3. The molecule has 3 aliphatic carbocycles. The number of carbonyl (C=O) groups is 2. The van der Waals surface area contributed by atoms with Crippen LogP contribution in [0, 0.1) is 11.8 Å². The molecule has 58 heavy (non-hydrogen) atoms. The lowest BCUT2D eigenvalue weighted by molar-refractivity contribution is 0.0809. The quantitative estimate of drug-likeness (QED) is 0.0960. The van der Waals surface area contributed by atoms with E-state index in [1.807, 2.05) is 36.4 Å². The lowest BCUT2D eigenvalue weighted by Gasteiger charge is -2.36. The number of ketones is 2. The number of carbonyl (C=O) groups excluding carboxylic acids is 2. The number of halogens is 1. The summed E-state index contributed by atoms with van der Waals surface area (Å²) < 4.78 is 33.5. The van der Waals surface area contributed by atoms with Crippen molar-refractivity contribution in [1.82, 2.24) is 4.90 Å². The Morgan fingerprint density at radius 3 is 1.86 bits per heavy atom. The number of hydrogen-bond donors (Lipinski definition) is 1. The molecule has 11 heteroatoms. The van der Waals surface area contributed by atoms with Gasteiger partial charge in [0.25, 0.3) is 0 Å². The standard InChI is InChI=1S/C31H37NO6.C15H19BrO3.CH4/c1-35-24-8-7-20-18-32(13-11-31-10-9-22(33)16-27(31)38-30(24)28(20)31)12-5-4-6-19-14-21-15-25(36-2)26(37-3)17-23(21)29(19)34;1-18-13-8-11-7-10(5-3-4-6-16)15(17)12(11)9-14(13)19-2;/h7-10,15,17,19,22,27,33H,4-6,11-14,16,18H2,1-3H3;8-10H,3-7H2,1-2H3;1H4/t19?,22-,27-,31-;;/m0../s1. The van der Waals surface area contributed by atoms with Crippen LogP contribution in [0.1, 0.15) is 102 Å². The van der Waals surface area contributed by atoms with E-state index in [9.17, 15) is 14.7 Å². The van der Waals surface area contributed by atoms with Gasteiger partial charge in [0.05, 0.1) is 47.1 Å². The largest absolute Gasteiger partial charge is 0.493 e. The maximum absolute atomic E-state index is 13.1. The number of aliphatic hydroxyl groups excluding tert-OH is 1. The third-order valence-corrected chi connectivity index (χ3v) is 13.2. The summed E-state index contributed by atoms with van der Waals surface area (Å²) in [4.78, 5) is 28.0. The molecule has 0 amide bonds. The maximum Gasteiger partial charge on any atom is 0.166 e. The lowest BCUT2D eigenvalue weighted by atomic mass is 9.69. The molecule has 3 aromatic carbocycles. The predicted molar refractivity (Wildman–Crippen MR) is 229 cm³/mol. The number of alkyl halides is 1. The van der Waals surface area contributed by atoms with Crippen molar-refractivity contribution >= 4 is 27.5 Å². The molecule has 3 aromatic rings. The molecule has 2 unspecified atom stereocenters. The molecule has 0 aromatic heterocycles. The van der Waals surface area contributed by atoms with E-state index in [1.165, 1.54) is 11.1 Å². The topological polar surface area (TPSA) is 113 Å². The molecule has 1 spiro atoms. The van der Waals surface area contributed by atoms with Crippen molar-refractivity contribution in [2.45, 2.75) is 95.8 Å². The van der Waals surface area contributed by atoms with E-state index in [0.29, 0.717) is 29.4 Å². The highest BCUT2D eigenvalue weighted by atomic mass is 79.9. The van der Waals surface area contributed by atoms with E-state index in [0.717, 1.165) is 117 Å². The van der Waals surface area contributed by atoms with Crippen LogP contribution in [-0.4, -0.2) is 87.7 Å². The molecule has 1 N–H and O–H groups in total. The number of aliphatic hydroxyl groups is 1. The zero-order valence-electron chi connectivity index (χ0n) is 33.9. The van der Waals surface area contributed by atoms with Crippen LogP contribution in [0.3, 0.4) is 0 Å². The Bertz CT molecular complexity index is 2000. The summed E-state index contributed by atoms with van der Waals surface area (Å²) in [6, 6.07) is 11.7. The molecule has 0 fully saturated rings. The molecular weight excluding hydrogens is 802 g/mol. The Morgan fingerprint density at radius 1 is 0.759 bits per heavy atom. The zero-order valence-corrected chi connectivity index (χ0v) is 35.5. The summed E-state index contributed by atoms with van der Waals surface area (Å²) in [5.74, 6) is 4.91. The van der Waals surface area contributed by atoms with Gasteiger partial charge in [0, 0.05) is 46.8 Å². The highest BCUT2D eigenvalue weighted by molar-refractivity contribution is 9.09. The molecule has 5 aliphatic rings. The van der Waals surface area contributed by atoms with Crippen molar-refractivity contribution in [3.05, 3.63) is 81.9 Å². The van der Waals surface area contributed by atoms with Crippen LogP contribution in [-0.2, 0) is 24.8 Å². The van der Waals surface area contributed by atoms with Gasteiger partial charge in [-0.15, -0.1) is 0 Å². The fourth-order valence-corrected chi connectivity index (χ4v) is 10.1. The molecule has 314 valence electrons. The normalized spacial score (nSPS) is 23.6. The minimum atomic E-state index is -0.472. The van der Waals surface area contributed by atoms with Crippen molar-refractivity contribution in [3.8, 4) is 34.5 Å². The first kappa shape index (κ1) is 43.5.